The van der Waals surface area contributed by atoms with E-state index < -0.39 is 0 Å². The number of carbonyl (C=O) groups is 1. The molecule has 0 spiro atoms. The number of rotatable bonds is 4. The molecule has 0 unspecified atom stereocenters. The van der Waals surface area contributed by atoms with E-state index >= 15 is 0 Å². The number of furan rings is 1. The van der Waals surface area contributed by atoms with E-state index in [4.69, 9.17) is 9.68 Å². The summed E-state index contributed by atoms with van der Waals surface area (Å²) in [6.45, 7) is 0.227. The van der Waals surface area contributed by atoms with Gasteiger partial charge >= 0.3 is 0 Å². The summed E-state index contributed by atoms with van der Waals surface area (Å²) in [7, 11) is 0. The third kappa shape index (κ3) is 3.12. The molecule has 21 heavy (non-hydrogen) atoms. The summed E-state index contributed by atoms with van der Waals surface area (Å²) in [5.41, 5.74) is 0. The molecule has 2 saturated carbocycles. The molecular formula is C17H22N2O2. The number of hydrogen-bond acceptors (Lipinski definition) is 3. The molecule has 4 heteroatoms. The van der Waals surface area contributed by atoms with E-state index in [0.29, 0.717) is 0 Å². The number of amides is 1. The maximum atomic E-state index is 12.7. The van der Waals surface area contributed by atoms with Gasteiger partial charge in [0.05, 0.1) is 12.3 Å². The highest BCUT2D eigenvalue weighted by molar-refractivity contribution is 5.83. The van der Waals surface area contributed by atoms with Crippen molar-refractivity contribution in [3.63, 3.8) is 0 Å². The summed E-state index contributed by atoms with van der Waals surface area (Å²) in [4.78, 5) is 14.6. The molecule has 1 heterocycles. The summed E-state index contributed by atoms with van der Waals surface area (Å²) >= 11 is 0. The van der Waals surface area contributed by atoms with Gasteiger partial charge in [-0.25, -0.2) is 0 Å². The summed E-state index contributed by atoms with van der Waals surface area (Å²) in [6.07, 6.45) is 9.47. The minimum atomic E-state index is 0.0211. The third-order valence-corrected chi connectivity index (χ3v) is 4.81. The first kappa shape index (κ1) is 14.2. The van der Waals surface area contributed by atoms with Crippen LogP contribution in [-0.4, -0.2) is 23.4 Å². The van der Waals surface area contributed by atoms with Gasteiger partial charge in [-0.15, -0.1) is 0 Å². The standard InChI is InChI=1S/C17H22N2O2/c18-9-10-19(13-6-3-1-2-4-7-13)17(20)15-12-14(15)16-8-5-11-21-16/h5,8,11,13-15H,1-4,6-7,10,12H2/t14-,15+/m1/s1. The van der Waals surface area contributed by atoms with Crippen molar-refractivity contribution in [3.8, 4) is 6.07 Å². The predicted octanol–water partition coefficient (Wildman–Crippen LogP) is 3.46. The molecule has 2 atom stereocenters. The van der Waals surface area contributed by atoms with Gasteiger partial charge in [0.2, 0.25) is 5.91 Å². The minimum absolute atomic E-state index is 0.0211. The monoisotopic (exact) mass is 286 g/mol. The predicted molar refractivity (Wildman–Crippen MR) is 78.4 cm³/mol. The van der Waals surface area contributed by atoms with Crippen LogP contribution in [0.15, 0.2) is 22.8 Å². The van der Waals surface area contributed by atoms with Crippen molar-refractivity contribution in [1.29, 1.82) is 5.26 Å². The van der Waals surface area contributed by atoms with Crippen LogP contribution in [0.3, 0.4) is 0 Å². The molecule has 1 aromatic rings. The second-order valence-electron chi connectivity index (χ2n) is 6.23. The number of nitrogens with zero attached hydrogens (tertiary/aromatic N) is 2. The second-order valence-corrected chi connectivity index (χ2v) is 6.23. The van der Waals surface area contributed by atoms with E-state index in [1.807, 2.05) is 17.0 Å². The number of nitriles is 1. The van der Waals surface area contributed by atoms with Gasteiger partial charge in [-0.2, -0.15) is 5.26 Å². The smallest absolute Gasteiger partial charge is 0.227 e. The Hall–Kier alpha value is -1.76. The highest BCUT2D eigenvalue weighted by atomic mass is 16.3. The van der Waals surface area contributed by atoms with Crippen molar-refractivity contribution in [1.82, 2.24) is 4.90 Å². The molecule has 4 nitrogen and oxygen atoms in total. The van der Waals surface area contributed by atoms with Crippen LogP contribution in [-0.2, 0) is 4.79 Å². The Morgan fingerprint density at radius 3 is 2.71 bits per heavy atom. The van der Waals surface area contributed by atoms with Crippen molar-refractivity contribution in [2.75, 3.05) is 6.54 Å². The number of hydrogen-bond donors (Lipinski definition) is 0. The van der Waals surface area contributed by atoms with Gasteiger partial charge in [-0.3, -0.25) is 4.79 Å². The highest BCUT2D eigenvalue weighted by Crippen LogP contribution is 2.49. The molecule has 2 aliphatic rings. The fourth-order valence-electron chi connectivity index (χ4n) is 3.53. The Balaban J connectivity index is 1.66. The zero-order valence-corrected chi connectivity index (χ0v) is 12.3. The molecule has 0 aliphatic heterocycles. The molecule has 0 radical (unpaired) electrons. The van der Waals surface area contributed by atoms with E-state index in [9.17, 15) is 4.79 Å². The van der Waals surface area contributed by atoms with Gasteiger partial charge in [0.15, 0.2) is 0 Å². The quantitative estimate of drug-likeness (QED) is 0.629. The van der Waals surface area contributed by atoms with Gasteiger partial charge in [0.1, 0.15) is 12.3 Å². The topological polar surface area (TPSA) is 57.2 Å². The molecular weight excluding hydrogens is 264 g/mol. The molecule has 0 saturated heterocycles. The first-order valence-corrected chi connectivity index (χ1v) is 8.02. The lowest BCUT2D eigenvalue weighted by molar-refractivity contribution is -0.134. The van der Waals surface area contributed by atoms with E-state index in [1.54, 1.807) is 6.26 Å². The van der Waals surface area contributed by atoms with E-state index in [1.165, 1.54) is 25.7 Å². The normalized spacial score (nSPS) is 25.9. The second kappa shape index (κ2) is 6.34. The van der Waals surface area contributed by atoms with Crippen molar-refractivity contribution in [2.45, 2.75) is 56.9 Å². The van der Waals surface area contributed by atoms with Crippen molar-refractivity contribution in [3.05, 3.63) is 24.2 Å². The van der Waals surface area contributed by atoms with E-state index in [-0.39, 0.29) is 30.3 Å². The SMILES string of the molecule is N#CCN(C(=O)[C@H]1C[C@H]1c1ccco1)C1CCCCCC1. The minimum Gasteiger partial charge on any atom is -0.469 e. The van der Waals surface area contributed by atoms with Gasteiger partial charge < -0.3 is 9.32 Å². The Labute approximate surface area is 125 Å². The highest BCUT2D eigenvalue weighted by Gasteiger charge is 2.48. The fraction of sp³-hybridized carbons (Fsp3) is 0.647. The lowest BCUT2D eigenvalue weighted by atomic mass is 10.1. The fourth-order valence-corrected chi connectivity index (χ4v) is 3.53. The van der Waals surface area contributed by atoms with Crippen LogP contribution in [0, 0.1) is 17.2 Å². The lowest BCUT2D eigenvalue weighted by Gasteiger charge is -2.29. The molecule has 1 aromatic heterocycles. The number of carbonyl (C=O) groups excluding carboxylic acids is 1. The van der Waals surface area contributed by atoms with E-state index in [0.717, 1.165) is 25.0 Å². The zero-order chi connectivity index (χ0) is 14.7. The first-order valence-electron chi connectivity index (χ1n) is 8.02. The molecule has 0 aromatic carbocycles. The zero-order valence-electron chi connectivity index (χ0n) is 12.3. The average Bonchev–Trinajstić information content (AvgIpc) is 3.20. The maximum Gasteiger partial charge on any atom is 0.227 e. The summed E-state index contributed by atoms with van der Waals surface area (Å²) in [5, 5.41) is 9.08. The van der Waals surface area contributed by atoms with Crippen molar-refractivity contribution >= 4 is 5.91 Å². The summed E-state index contributed by atoms with van der Waals surface area (Å²) in [6, 6.07) is 6.25. The van der Waals surface area contributed by atoms with Crippen LogP contribution >= 0.6 is 0 Å². The van der Waals surface area contributed by atoms with Crippen LogP contribution in [0.5, 0.6) is 0 Å². The molecule has 2 fully saturated rings. The Kier molecular flexibility index (Phi) is 4.28. The van der Waals surface area contributed by atoms with Crippen LogP contribution in [0.1, 0.15) is 56.6 Å². The Morgan fingerprint density at radius 2 is 2.10 bits per heavy atom. The average molecular weight is 286 g/mol. The van der Waals surface area contributed by atoms with E-state index in [2.05, 4.69) is 6.07 Å². The van der Waals surface area contributed by atoms with Crippen LogP contribution < -0.4 is 0 Å². The molecule has 2 aliphatic carbocycles. The van der Waals surface area contributed by atoms with Gasteiger partial charge in [0.25, 0.3) is 0 Å². The summed E-state index contributed by atoms with van der Waals surface area (Å²) < 4.78 is 5.41. The van der Waals surface area contributed by atoms with Crippen molar-refractivity contribution in [2.24, 2.45) is 5.92 Å². The van der Waals surface area contributed by atoms with Crippen LogP contribution in [0.25, 0.3) is 0 Å². The van der Waals surface area contributed by atoms with Crippen LogP contribution in [0.2, 0.25) is 0 Å². The molecule has 3 rings (SSSR count). The van der Waals surface area contributed by atoms with Crippen molar-refractivity contribution < 1.29 is 9.21 Å². The van der Waals surface area contributed by atoms with Gasteiger partial charge in [-0.05, 0) is 31.4 Å². The molecule has 1 amide bonds. The molecule has 0 bridgehead atoms. The van der Waals surface area contributed by atoms with Crippen LogP contribution in [0.4, 0.5) is 0 Å². The Morgan fingerprint density at radius 1 is 1.33 bits per heavy atom. The van der Waals surface area contributed by atoms with Gasteiger partial charge in [0, 0.05) is 17.9 Å². The Bertz CT molecular complexity index is 509. The molecule has 0 N–H and O–H groups in total. The maximum absolute atomic E-state index is 12.7. The lowest BCUT2D eigenvalue weighted by Crippen LogP contribution is -2.41. The first-order chi connectivity index (χ1) is 10.3. The third-order valence-electron chi connectivity index (χ3n) is 4.81. The molecule has 112 valence electrons. The van der Waals surface area contributed by atoms with Gasteiger partial charge in [-0.1, -0.05) is 25.7 Å². The largest absolute Gasteiger partial charge is 0.469 e. The summed E-state index contributed by atoms with van der Waals surface area (Å²) in [5.74, 6) is 1.31.